The molecule has 0 aromatic rings. The first-order chi connectivity index (χ1) is 6.74. The molecule has 1 aliphatic heterocycles. The molecular formula is C11H22O3. The molecule has 1 aliphatic carbocycles. The average molecular weight is 202 g/mol. The Morgan fingerprint density at radius 1 is 1.14 bits per heavy atom. The van der Waals surface area contributed by atoms with Gasteiger partial charge in [0.2, 0.25) is 0 Å². The standard InChI is InChI=1S/C7H12O2.C4H10O/c1-3-8-9-4-2-7-5-6(1)7;1-4(2)3-5/h6-7H,1-5H2;4-5H,3H2,1-2H3. The molecule has 2 atom stereocenters. The number of fused-ring (bicyclic) bond motifs is 1. The van der Waals surface area contributed by atoms with Crippen molar-refractivity contribution in [3.63, 3.8) is 0 Å². The van der Waals surface area contributed by atoms with Crippen LogP contribution in [0, 0.1) is 17.8 Å². The molecule has 2 fully saturated rings. The molecule has 3 nitrogen and oxygen atoms in total. The molecule has 0 aromatic carbocycles. The first kappa shape index (κ1) is 12.0. The van der Waals surface area contributed by atoms with Crippen LogP contribution in [0.2, 0.25) is 0 Å². The summed E-state index contributed by atoms with van der Waals surface area (Å²) in [5.74, 6) is 2.40. The van der Waals surface area contributed by atoms with Crippen LogP contribution in [0.3, 0.4) is 0 Å². The smallest absolute Gasteiger partial charge is 0.0825 e. The molecular weight excluding hydrogens is 180 g/mol. The Kier molecular flexibility index (Phi) is 5.45. The lowest BCUT2D eigenvalue weighted by atomic mass is 10.2. The number of hydrogen-bond acceptors (Lipinski definition) is 3. The van der Waals surface area contributed by atoms with Crippen molar-refractivity contribution in [3.8, 4) is 0 Å². The summed E-state index contributed by atoms with van der Waals surface area (Å²) in [6.45, 7) is 5.86. The molecule has 1 heterocycles. The third-order valence-electron chi connectivity index (χ3n) is 2.66. The first-order valence-corrected chi connectivity index (χ1v) is 5.59. The molecule has 2 rings (SSSR count). The van der Waals surface area contributed by atoms with E-state index in [0.717, 1.165) is 25.0 Å². The summed E-state index contributed by atoms with van der Waals surface area (Å²) < 4.78 is 0. The highest BCUT2D eigenvalue weighted by molar-refractivity contribution is 4.85. The summed E-state index contributed by atoms with van der Waals surface area (Å²) in [5, 5.41) is 8.14. The summed E-state index contributed by atoms with van der Waals surface area (Å²) in [5.41, 5.74) is 0. The van der Waals surface area contributed by atoms with Gasteiger partial charge in [-0.25, -0.2) is 9.78 Å². The fraction of sp³-hybridized carbons (Fsp3) is 1.00. The average Bonchev–Trinajstić information content (AvgIpc) is 2.83. The minimum Gasteiger partial charge on any atom is -0.396 e. The summed E-state index contributed by atoms with van der Waals surface area (Å²) in [6, 6.07) is 0. The highest BCUT2D eigenvalue weighted by atomic mass is 17.2. The number of aliphatic hydroxyl groups is 1. The van der Waals surface area contributed by atoms with Crippen LogP contribution in [0.5, 0.6) is 0 Å². The van der Waals surface area contributed by atoms with Crippen LogP contribution >= 0.6 is 0 Å². The van der Waals surface area contributed by atoms with Gasteiger partial charge >= 0.3 is 0 Å². The van der Waals surface area contributed by atoms with Crippen LogP contribution in [0.25, 0.3) is 0 Å². The molecule has 0 aromatic heterocycles. The lowest BCUT2D eigenvalue weighted by Gasteiger charge is -2.06. The van der Waals surface area contributed by atoms with Crippen molar-refractivity contribution in [1.29, 1.82) is 0 Å². The van der Waals surface area contributed by atoms with Gasteiger partial charge in [-0.15, -0.1) is 0 Å². The summed E-state index contributed by atoms with van der Waals surface area (Å²) in [6.07, 6.45) is 3.85. The van der Waals surface area contributed by atoms with Crippen molar-refractivity contribution < 1.29 is 14.9 Å². The van der Waals surface area contributed by atoms with Crippen LogP contribution in [0.15, 0.2) is 0 Å². The van der Waals surface area contributed by atoms with E-state index in [1.54, 1.807) is 0 Å². The van der Waals surface area contributed by atoms with Crippen LogP contribution in [0.1, 0.15) is 33.1 Å². The molecule has 14 heavy (non-hydrogen) atoms. The largest absolute Gasteiger partial charge is 0.396 e. The SMILES string of the molecule is C1CC2CC2CCOO1.CC(C)CO. The third-order valence-corrected chi connectivity index (χ3v) is 2.66. The molecule has 3 heteroatoms. The summed E-state index contributed by atoms with van der Waals surface area (Å²) >= 11 is 0. The van der Waals surface area contributed by atoms with Gasteiger partial charge in [-0.3, -0.25) is 0 Å². The second kappa shape index (κ2) is 6.38. The molecule has 2 aliphatic rings. The van der Waals surface area contributed by atoms with Crippen molar-refractivity contribution in [1.82, 2.24) is 0 Å². The van der Waals surface area contributed by atoms with E-state index in [1.807, 2.05) is 13.8 Å². The first-order valence-electron chi connectivity index (χ1n) is 5.59. The molecule has 1 saturated carbocycles. The van der Waals surface area contributed by atoms with Crippen LogP contribution < -0.4 is 0 Å². The van der Waals surface area contributed by atoms with Gasteiger partial charge in [-0.2, -0.15) is 0 Å². The van der Waals surface area contributed by atoms with Crippen molar-refractivity contribution in [3.05, 3.63) is 0 Å². The number of hydrogen-bond donors (Lipinski definition) is 1. The van der Waals surface area contributed by atoms with E-state index in [0.29, 0.717) is 12.5 Å². The lowest BCUT2D eigenvalue weighted by molar-refractivity contribution is -0.299. The molecule has 2 unspecified atom stereocenters. The zero-order valence-electron chi connectivity index (χ0n) is 9.24. The Morgan fingerprint density at radius 2 is 1.57 bits per heavy atom. The third kappa shape index (κ3) is 4.94. The molecule has 1 N–H and O–H groups in total. The van der Waals surface area contributed by atoms with Crippen molar-refractivity contribution >= 4 is 0 Å². The van der Waals surface area contributed by atoms with Gasteiger partial charge < -0.3 is 5.11 Å². The highest BCUT2D eigenvalue weighted by Gasteiger charge is 2.36. The molecule has 0 bridgehead atoms. The van der Waals surface area contributed by atoms with Crippen LogP contribution in [0.4, 0.5) is 0 Å². The second-order valence-corrected chi connectivity index (χ2v) is 4.55. The summed E-state index contributed by atoms with van der Waals surface area (Å²) in [4.78, 5) is 9.74. The van der Waals surface area contributed by atoms with Gasteiger partial charge in [-0.1, -0.05) is 13.8 Å². The minimum absolute atomic E-state index is 0.306. The predicted molar refractivity (Wildman–Crippen MR) is 54.7 cm³/mol. The molecule has 1 saturated heterocycles. The maximum absolute atomic E-state index is 8.14. The zero-order valence-corrected chi connectivity index (χ0v) is 9.24. The van der Waals surface area contributed by atoms with Gasteiger partial charge in [0.1, 0.15) is 0 Å². The predicted octanol–water partition coefficient (Wildman–Crippen LogP) is 2.00. The molecule has 0 amide bonds. The van der Waals surface area contributed by atoms with E-state index in [9.17, 15) is 0 Å². The lowest BCUT2D eigenvalue weighted by Crippen LogP contribution is -2.04. The second-order valence-electron chi connectivity index (χ2n) is 4.55. The van der Waals surface area contributed by atoms with Crippen LogP contribution in [-0.2, 0) is 9.78 Å². The molecule has 84 valence electrons. The highest BCUT2D eigenvalue weighted by Crippen LogP contribution is 2.44. The Balaban J connectivity index is 0.000000171. The summed E-state index contributed by atoms with van der Waals surface area (Å²) in [7, 11) is 0. The topological polar surface area (TPSA) is 38.7 Å². The van der Waals surface area contributed by atoms with E-state index >= 15 is 0 Å². The van der Waals surface area contributed by atoms with Crippen molar-refractivity contribution in [2.24, 2.45) is 17.8 Å². The van der Waals surface area contributed by atoms with E-state index in [2.05, 4.69) is 0 Å². The van der Waals surface area contributed by atoms with Crippen molar-refractivity contribution in [2.45, 2.75) is 33.1 Å². The van der Waals surface area contributed by atoms with Gasteiger partial charge in [-0.05, 0) is 37.0 Å². The monoisotopic (exact) mass is 202 g/mol. The number of rotatable bonds is 1. The van der Waals surface area contributed by atoms with E-state index in [4.69, 9.17) is 14.9 Å². The molecule has 0 radical (unpaired) electrons. The van der Waals surface area contributed by atoms with Crippen LogP contribution in [-0.4, -0.2) is 24.9 Å². The van der Waals surface area contributed by atoms with Gasteiger partial charge in [0, 0.05) is 6.61 Å². The normalized spacial score (nSPS) is 30.9. The Morgan fingerprint density at radius 3 is 1.93 bits per heavy atom. The quantitative estimate of drug-likeness (QED) is 0.661. The zero-order chi connectivity index (χ0) is 10.4. The Labute approximate surface area is 86.3 Å². The fourth-order valence-electron chi connectivity index (χ4n) is 1.53. The number of aliphatic hydroxyl groups excluding tert-OH is 1. The van der Waals surface area contributed by atoms with E-state index in [-0.39, 0.29) is 0 Å². The van der Waals surface area contributed by atoms with Gasteiger partial charge in [0.05, 0.1) is 13.2 Å². The fourth-order valence-corrected chi connectivity index (χ4v) is 1.53. The minimum atomic E-state index is 0.306. The Bertz CT molecular complexity index is 135. The van der Waals surface area contributed by atoms with Crippen molar-refractivity contribution in [2.75, 3.05) is 19.8 Å². The Hall–Kier alpha value is -0.120. The van der Waals surface area contributed by atoms with Gasteiger partial charge in [0.15, 0.2) is 0 Å². The van der Waals surface area contributed by atoms with E-state index in [1.165, 1.54) is 19.3 Å². The maximum atomic E-state index is 8.14. The van der Waals surface area contributed by atoms with Gasteiger partial charge in [0.25, 0.3) is 0 Å². The van der Waals surface area contributed by atoms with E-state index < -0.39 is 0 Å². The maximum Gasteiger partial charge on any atom is 0.0825 e. The molecule has 0 spiro atoms.